The van der Waals surface area contributed by atoms with Gasteiger partial charge in [-0.25, -0.2) is 8.78 Å². The van der Waals surface area contributed by atoms with E-state index in [1.165, 1.54) is 6.92 Å². The largest absolute Gasteiger partial charge is 0.503 e. The van der Waals surface area contributed by atoms with Gasteiger partial charge in [-0.15, -0.1) is 0 Å². The zero-order valence-electron chi connectivity index (χ0n) is 16.6. The lowest BCUT2D eigenvalue weighted by atomic mass is 9.91. The van der Waals surface area contributed by atoms with E-state index in [0.29, 0.717) is 27.7 Å². The molecule has 2 aromatic carbocycles. The zero-order chi connectivity index (χ0) is 21.4. The Morgan fingerprint density at radius 1 is 1.10 bits per heavy atom. The molecule has 4 N–H and O–H groups in total. The molecule has 5 nitrogen and oxygen atoms in total. The van der Waals surface area contributed by atoms with E-state index in [-0.39, 0.29) is 23.4 Å². The Morgan fingerprint density at radius 3 is 2.40 bits per heavy atom. The number of benzene rings is 2. The average molecular weight is 411 g/mol. The van der Waals surface area contributed by atoms with Gasteiger partial charge in [-0.3, -0.25) is 9.78 Å². The molecule has 0 saturated heterocycles. The van der Waals surface area contributed by atoms with Gasteiger partial charge >= 0.3 is 0 Å². The molecule has 156 valence electrons. The second kappa shape index (κ2) is 7.99. The van der Waals surface area contributed by atoms with E-state index in [9.17, 15) is 18.7 Å². The summed E-state index contributed by atoms with van der Waals surface area (Å²) in [5.74, 6) is -3.18. The quantitative estimate of drug-likeness (QED) is 0.538. The molecule has 0 bridgehead atoms. The second-order valence-electron chi connectivity index (χ2n) is 7.88. The number of phenols is 1. The van der Waals surface area contributed by atoms with E-state index in [1.807, 2.05) is 0 Å². The van der Waals surface area contributed by atoms with Gasteiger partial charge in [0.2, 0.25) is 0 Å². The lowest BCUT2D eigenvalue weighted by molar-refractivity contribution is 0.101. The smallest absolute Gasteiger partial charge is 0.187 e. The first-order valence-electron chi connectivity index (χ1n) is 9.97. The monoisotopic (exact) mass is 411 g/mol. The number of fused-ring (bicyclic) bond motifs is 1. The predicted molar refractivity (Wildman–Crippen MR) is 113 cm³/mol. The van der Waals surface area contributed by atoms with E-state index in [0.717, 1.165) is 37.8 Å². The van der Waals surface area contributed by atoms with Crippen molar-refractivity contribution >= 4 is 22.4 Å². The van der Waals surface area contributed by atoms with Crippen LogP contribution in [0.25, 0.3) is 22.0 Å². The van der Waals surface area contributed by atoms with Gasteiger partial charge in [-0.2, -0.15) is 0 Å². The highest BCUT2D eigenvalue weighted by Crippen LogP contribution is 2.34. The maximum absolute atomic E-state index is 13.9. The molecule has 0 amide bonds. The van der Waals surface area contributed by atoms with Gasteiger partial charge in [0.05, 0.1) is 16.8 Å². The van der Waals surface area contributed by atoms with Crippen LogP contribution in [0.2, 0.25) is 0 Å². The minimum Gasteiger partial charge on any atom is -0.503 e. The number of hydrogen-bond donors (Lipinski definition) is 3. The average Bonchev–Trinajstić information content (AvgIpc) is 2.73. The van der Waals surface area contributed by atoms with E-state index in [4.69, 9.17) is 5.73 Å². The van der Waals surface area contributed by atoms with Crippen molar-refractivity contribution in [2.75, 3.05) is 5.32 Å². The molecule has 7 heteroatoms. The van der Waals surface area contributed by atoms with E-state index >= 15 is 0 Å². The number of nitrogens with one attached hydrogen (secondary N) is 1. The SMILES string of the molecule is CC(=O)c1cnc2ccc(-c3cc(F)c(O)c(F)c3)cc2c1N[C@H]1CC[C@H](N)CC1. The van der Waals surface area contributed by atoms with Crippen molar-refractivity contribution in [1.82, 2.24) is 4.98 Å². The number of phenolic OH excluding ortho intramolecular Hbond substituents is 1. The van der Waals surface area contributed by atoms with Crippen molar-refractivity contribution in [1.29, 1.82) is 0 Å². The van der Waals surface area contributed by atoms with Crippen molar-refractivity contribution in [2.45, 2.75) is 44.7 Å². The van der Waals surface area contributed by atoms with Gasteiger partial charge in [0.15, 0.2) is 23.2 Å². The molecule has 1 aromatic heterocycles. The summed E-state index contributed by atoms with van der Waals surface area (Å²) in [6.45, 7) is 1.49. The molecule has 3 aromatic rings. The maximum Gasteiger partial charge on any atom is 0.187 e. The lowest BCUT2D eigenvalue weighted by Gasteiger charge is -2.28. The summed E-state index contributed by atoms with van der Waals surface area (Å²) < 4.78 is 27.7. The van der Waals surface area contributed by atoms with Crippen LogP contribution in [-0.2, 0) is 0 Å². The molecular formula is C23H23F2N3O2. The molecule has 1 aliphatic rings. The first-order valence-corrected chi connectivity index (χ1v) is 9.97. The fourth-order valence-electron chi connectivity index (χ4n) is 3.99. The Labute approximate surface area is 172 Å². The van der Waals surface area contributed by atoms with Crippen LogP contribution >= 0.6 is 0 Å². The molecular weight excluding hydrogens is 388 g/mol. The highest BCUT2D eigenvalue weighted by Gasteiger charge is 2.22. The van der Waals surface area contributed by atoms with Crippen molar-refractivity contribution in [3.63, 3.8) is 0 Å². The number of aromatic nitrogens is 1. The predicted octanol–water partition coefficient (Wildman–Crippen LogP) is 4.77. The van der Waals surface area contributed by atoms with Crippen molar-refractivity contribution < 1.29 is 18.7 Å². The summed E-state index contributed by atoms with van der Waals surface area (Å²) in [6, 6.07) is 7.76. The second-order valence-corrected chi connectivity index (χ2v) is 7.88. The number of ketones is 1. The summed E-state index contributed by atoms with van der Waals surface area (Å²) >= 11 is 0. The lowest BCUT2D eigenvalue weighted by Crippen LogP contribution is -2.33. The fraction of sp³-hybridized carbons (Fsp3) is 0.304. The fourth-order valence-corrected chi connectivity index (χ4v) is 3.99. The minimum absolute atomic E-state index is 0.119. The molecule has 1 fully saturated rings. The number of hydrogen-bond acceptors (Lipinski definition) is 5. The van der Waals surface area contributed by atoms with Gasteiger partial charge in [-0.1, -0.05) is 6.07 Å². The number of anilines is 1. The van der Waals surface area contributed by atoms with Gasteiger partial charge in [0.1, 0.15) is 0 Å². The van der Waals surface area contributed by atoms with Crippen LogP contribution in [0.15, 0.2) is 36.5 Å². The number of pyridine rings is 1. The Balaban J connectivity index is 1.82. The topological polar surface area (TPSA) is 88.2 Å². The minimum atomic E-state index is -1.03. The Hall–Kier alpha value is -3.06. The third kappa shape index (κ3) is 3.85. The number of nitrogens with zero attached hydrogens (tertiary/aromatic N) is 1. The van der Waals surface area contributed by atoms with Gasteiger partial charge < -0.3 is 16.2 Å². The number of Topliss-reactive ketones (excluding diaryl/α,β-unsaturated/α-hetero) is 1. The van der Waals surface area contributed by atoms with Crippen LogP contribution in [0.3, 0.4) is 0 Å². The van der Waals surface area contributed by atoms with Crippen molar-refractivity contribution in [3.8, 4) is 16.9 Å². The molecule has 0 aliphatic heterocycles. The van der Waals surface area contributed by atoms with Crippen LogP contribution < -0.4 is 11.1 Å². The first-order chi connectivity index (χ1) is 14.3. The number of carbonyl (C=O) groups is 1. The summed E-state index contributed by atoms with van der Waals surface area (Å²) in [4.78, 5) is 16.6. The van der Waals surface area contributed by atoms with E-state index in [2.05, 4.69) is 10.3 Å². The summed E-state index contributed by atoms with van der Waals surface area (Å²) in [6.07, 6.45) is 5.18. The first kappa shape index (κ1) is 20.2. The highest BCUT2D eigenvalue weighted by atomic mass is 19.1. The summed E-state index contributed by atoms with van der Waals surface area (Å²) in [7, 11) is 0. The molecule has 0 unspecified atom stereocenters. The van der Waals surface area contributed by atoms with Gasteiger partial charge in [-0.05, 0) is 68.0 Å². The van der Waals surface area contributed by atoms with Crippen molar-refractivity contribution in [2.24, 2.45) is 5.73 Å². The van der Waals surface area contributed by atoms with Crippen LogP contribution in [-0.4, -0.2) is 28.0 Å². The number of carbonyl (C=O) groups excluding carboxylic acids is 1. The van der Waals surface area contributed by atoms with Gasteiger partial charge in [0, 0.05) is 23.7 Å². The Bertz CT molecular complexity index is 1100. The maximum atomic E-state index is 13.9. The van der Waals surface area contributed by atoms with E-state index < -0.39 is 17.4 Å². The molecule has 0 atom stereocenters. The van der Waals surface area contributed by atoms with Crippen LogP contribution in [0.4, 0.5) is 14.5 Å². The molecule has 4 rings (SSSR count). The summed E-state index contributed by atoms with van der Waals surface area (Å²) in [5, 5.41) is 13.6. The third-order valence-electron chi connectivity index (χ3n) is 5.72. The Kier molecular flexibility index (Phi) is 5.39. The number of halogens is 2. The molecule has 30 heavy (non-hydrogen) atoms. The van der Waals surface area contributed by atoms with E-state index in [1.54, 1.807) is 24.4 Å². The number of aromatic hydroxyl groups is 1. The zero-order valence-corrected chi connectivity index (χ0v) is 16.6. The van der Waals surface area contributed by atoms with Crippen molar-refractivity contribution in [3.05, 3.63) is 53.7 Å². The van der Waals surface area contributed by atoms with Gasteiger partial charge in [0.25, 0.3) is 0 Å². The highest BCUT2D eigenvalue weighted by molar-refractivity contribution is 6.07. The third-order valence-corrected chi connectivity index (χ3v) is 5.72. The standard InChI is InChI=1S/C23H23F2N3O2/c1-12(29)18-11-27-21-7-2-13(14-9-19(24)23(30)20(25)10-14)8-17(21)22(18)28-16-5-3-15(26)4-6-16/h2,7-11,15-16,30H,3-6,26H2,1H3,(H,27,28)/t15-,16-. The van der Waals surface area contributed by atoms with Crippen LogP contribution in [0, 0.1) is 11.6 Å². The van der Waals surface area contributed by atoms with Crippen LogP contribution in [0.5, 0.6) is 5.75 Å². The summed E-state index contributed by atoms with van der Waals surface area (Å²) in [5.41, 5.74) is 8.66. The van der Waals surface area contributed by atoms with Crippen LogP contribution in [0.1, 0.15) is 43.0 Å². The molecule has 1 aliphatic carbocycles. The molecule has 0 spiro atoms. The molecule has 1 heterocycles. The number of rotatable bonds is 4. The normalized spacial score (nSPS) is 19.1. The molecule has 1 saturated carbocycles. The number of nitrogens with two attached hydrogens (primary N) is 1. The molecule has 0 radical (unpaired) electrons. The Morgan fingerprint density at radius 2 is 1.77 bits per heavy atom.